The third kappa shape index (κ3) is 8.79. The molecule has 0 spiro atoms. The number of amides is 2. The summed E-state index contributed by atoms with van der Waals surface area (Å²) < 4.78 is 12.0. The standard InChI is InChI=1S/C19H31N3O5S.C3H2BrNS/c1-12-10-22(17(25)27-19(5,6)7)13(14(23)15-20-8-9-28-15)11-21(12)16(24)26-18(2,3)4;4-3-5-1-2-6-3/h8-9,12-14,23H,10-11H2,1-7H3;1-2H/t12-,13-,14?;/m1./s1. The van der Waals surface area contributed by atoms with Gasteiger partial charge in [-0.15, -0.1) is 22.7 Å². The smallest absolute Gasteiger partial charge is 0.410 e. The number of rotatable bonds is 2. The van der Waals surface area contributed by atoms with Gasteiger partial charge >= 0.3 is 12.2 Å². The minimum atomic E-state index is -1.04. The highest BCUT2D eigenvalue weighted by Gasteiger charge is 2.43. The molecule has 12 heteroatoms. The van der Waals surface area contributed by atoms with E-state index in [1.54, 1.807) is 75.6 Å². The van der Waals surface area contributed by atoms with Gasteiger partial charge in [-0.2, -0.15) is 0 Å². The zero-order valence-corrected chi connectivity index (χ0v) is 23.7. The molecule has 0 bridgehead atoms. The lowest BCUT2D eigenvalue weighted by Crippen LogP contribution is -2.63. The third-order valence-electron chi connectivity index (χ3n) is 4.50. The van der Waals surface area contributed by atoms with E-state index in [9.17, 15) is 14.7 Å². The topological polar surface area (TPSA) is 105 Å². The predicted molar refractivity (Wildman–Crippen MR) is 136 cm³/mol. The second-order valence-electron chi connectivity index (χ2n) is 9.78. The molecular formula is C22H33BrN4O5S2. The number of ether oxygens (including phenoxy) is 2. The van der Waals surface area contributed by atoms with Crippen molar-refractivity contribution in [1.29, 1.82) is 0 Å². The van der Waals surface area contributed by atoms with E-state index in [1.807, 2.05) is 12.3 Å². The molecular weight excluding hydrogens is 544 g/mol. The SMILES string of the molecule is Brc1nccs1.C[C@@H]1CN(C(=O)OC(C)(C)C)[C@@H](C(O)c2nccs2)CN1C(=O)OC(C)(C)C. The van der Waals surface area contributed by atoms with Crippen LogP contribution in [0.1, 0.15) is 59.6 Å². The molecule has 3 atom stereocenters. The van der Waals surface area contributed by atoms with Crippen LogP contribution in [-0.2, 0) is 9.47 Å². The highest BCUT2D eigenvalue weighted by atomic mass is 79.9. The Hall–Kier alpha value is -1.76. The molecule has 2 aromatic heterocycles. The fraction of sp³-hybridized carbons (Fsp3) is 0.636. The maximum atomic E-state index is 12.8. The molecule has 1 saturated heterocycles. The Kier molecular flexibility index (Phi) is 9.87. The van der Waals surface area contributed by atoms with E-state index in [0.717, 1.165) is 3.92 Å². The van der Waals surface area contributed by atoms with Gasteiger partial charge in [-0.25, -0.2) is 19.6 Å². The Morgan fingerprint density at radius 2 is 1.53 bits per heavy atom. The van der Waals surface area contributed by atoms with Crippen LogP contribution in [0.2, 0.25) is 0 Å². The number of carbonyl (C=O) groups excluding carboxylic acids is 2. The van der Waals surface area contributed by atoms with Crippen LogP contribution in [0, 0.1) is 0 Å². The normalized spacial score (nSPS) is 19.7. The van der Waals surface area contributed by atoms with Gasteiger partial charge < -0.3 is 19.5 Å². The Bertz CT molecular complexity index is 913. The van der Waals surface area contributed by atoms with Crippen LogP contribution >= 0.6 is 38.6 Å². The molecule has 34 heavy (non-hydrogen) atoms. The average Bonchev–Trinajstić information content (AvgIpc) is 3.38. The molecule has 1 aliphatic heterocycles. The molecule has 2 aromatic rings. The summed E-state index contributed by atoms with van der Waals surface area (Å²) >= 11 is 6.07. The van der Waals surface area contributed by atoms with E-state index in [0.29, 0.717) is 5.01 Å². The number of aliphatic hydroxyl groups is 1. The van der Waals surface area contributed by atoms with Gasteiger partial charge in [0.15, 0.2) is 3.92 Å². The second-order valence-corrected chi connectivity index (χ2v) is 12.9. The summed E-state index contributed by atoms with van der Waals surface area (Å²) in [6.45, 7) is 13.0. The molecule has 3 rings (SSSR count). The van der Waals surface area contributed by atoms with Crippen molar-refractivity contribution in [3.8, 4) is 0 Å². The van der Waals surface area contributed by atoms with Crippen LogP contribution < -0.4 is 0 Å². The fourth-order valence-corrected chi connectivity index (χ4v) is 4.60. The van der Waals surface area contributed by atoms with Crippen LogP contribution in [0.15, 0.2) is 27.1 Å². The first-order valence-electron chi connectivity index (χ1n) is 10.8. The second kappa shape index (κ2) is 11.8. The number of thiazole rings is 2. The molecule has 0 radical (unpaired) electrons. The zero-order chi connectivity index (χ0) is 25.7. The molecule has 1 aliphatic rings. The number of aliphatic hydroxyl groups excluding tert-OH is 1. The summed E-state index contributed by atoms with van der Waals surface area (Å²) in [6, 6.07) is -0.980. The van der Waals surface area contributed by atoms with Crippen molar-refractivity contribution < 1.29 is 24.2 Å². The van der Waals surface area contributed by atoms with E-state index in [1.165, 1.54) is 16.2 Å². The van der Waals surface area contributed by atoms with Crippen molar-refractivity contribution in [2.75, 3.05) is 13.1 Å². The number of halogens is 1. The van der Waals surface area contributed by atoms with Gasteiger partial charge in [0.25, 0.3) is 0 Å². The summed E-state index contributed by atoms with van der Waals surface area (Å²) in [5.41, 5.74) is -1.30. The molecule has 190 valence electrons. The highest BCUT2D eigenvalue weighted by Crippen LogP contribution is 2.30. The first-order valence-corrected chi connectivity index (χ1v) is 13.3. The first-order chi connectivity index (χ1) is 15.7. The van der Waals surface area contributed by atoms with Gasteiger partial charge in [0, 0.05) is 36.2 Å². The number of piperazine rings is 1. The van der Waals surface area contributed by atoms with Crippen LogP contribution in [0.25, 0.3) is 0 Å². The summed E-state index contributed by atoms with van der Waals surface area (Å²) in [7, 11) is 0. The number of hydrogen-bond acceptors (Lipinski definition) is 9. The quantitative estimate of drug-likeness (QED) is 0.515. The van der Waals surface area contributed by atoms with E-state index < -0.39 is 35.5 Å². The van der Waals surface area contributed by atoms with Gasteiger partial charge in [0.1, 0.15) is 22.3 Å². The highest BCUT2D eigenvalue weighted by molar-refractivity contribution is 9.11. The summed E-state index contributed by atoms with van der Waals surface area (Å²) in [6.07, 6.45) is 1.32. The zero-order valence-electron chi connectivity index (χ0n) is 20.5. The fourth-order valence-electron chi connectivity index (χ4n) is 3.13. The van der Waals surface area contributed by atoms with Gasteiger partial charge in [0.05, 0.1) is 12.1 Å². The Labute approximate surface area is 217 Å². The molecule has 9 nitrogen and oxygen atoms in total. The Morgan fingerprint density at radius 3 is 1.94 bits per heavy atom. The largest absolute Gasteiger partial charge is 0.444 e. The third-order valence-corrected chi connectivity index (χ3v) is 6.67. The number of nitrogens with zero attached hydrogens (tertiary/aromatic N) is 4. The number of aromatic nitrogens is 2. The Morgan fingerprint density at radius 1 is 1.00 bits per heavy atom. The minimum Gasteiger partial charge on any atom is -0.444 e. The summed E-state index contributed by atoms with van der Waals surface area (Å²) in [5, 5.41) is 15.1. The van der Waals surface area contributed by atoms with Crippen LogP contribution in [0.3, 0.4) is 0 Å². The van der Waals surface area contributed by atoms with E-state index in [2.05, 4.69) is 25.9 Å². The number of hydrogen-bond donors (Lipinski definition) is 1. The maximum Gasteiger partial charge on any atom is 0.410 e. The van der Waals surface area contributed by atoms with E-state index in [-0.39, 0.29) is 19.1 Å². The summed E-state index contributed by atoms with van der Waals surface area (Å²) in [4.78, 5) is 36.5. The lowest BCUT2D eigenvalue weighted by Gasteiger charge is -2.46. The molecule has 0 saturated carbocycles. The van der Waals surface area contributed by atoms with Gasteiger partial charge in [-0.1, -0.05) is 0 Å². The molecule has 1 N–H and O–H groups in total. The monoisotopic (exact) mass is 576 g/mol. The van der Waals surface area contributed by atoms with Crippen LogP contribution in [0.4, 0.5) is 9.59 Å². The predicted octanol–water partition coefficient (Wildman–Crippen LogP) is 5.33. The number of carbonyl (C=O) groups is 2. The van der Waals surface area contributed by atoms with E-state index >= 15 is 0 Å². The van der Waals surface area contributed by atoms with E-state index in [4.69, 9.17) is 9.47 Å². The maximum absolute atomic E-state index is 12.8. The lowest BCUT2D eigenvalue weighted by molar-refractivity contribution is -0.0531. The van der Waals surface area contributed by atoms with Crippen molar-refractivity contribution in [1.82, 2.24) is 19.8 Å². The summed E-state index contributed by atoms with van der Waals surface area (Å²) in [5.74, 6) is 0. The minimum absolute atomic E-state index is 0.121. The molecule has 0 aromatic carbocycles. The molecule has 0 aliphatic carbocycles. The van der Waals surface area contributed by atoms with Gasteiger partial charge in [-0.05, 0) is 64.4 Å². The molecule has 2 amide bonds. The van der Waals surface area contributed by atoms with Crippen molar-refractivity contribution >= 4 is 50.8 Å². The molecule has 1 fully saturated rings. The van der Waals surface area contributed by atoms with Gasteiger partial charge in [0.2, 0.25) is 0 Å². The Balaban J connectivity index is 0.000000589. The van der Waals surface area contributed by atoms with Crippen LogP contribution in [-0.4, -0.2) is 73.4 Å². The van der Waals surface area contributed by atoms with Gasteiger partial charge in [-0.3, -0.25) is 4.90 Å². The first kappa shape index (κ1) is 28.5. The lowest BCUT2D eigenvalue weighted by atomic mass is 10.0. The van der Waals surface area contributed by atoms with Crippen molar-refractivity contribution in [2.24, 2.45) is 0 Å². The van der Waals surface area contributed by atoms with Crippen LogP contribution in [0.5, 0.6) is 0 Å². The van der Waals surface area contributed by atoms with Crippen molar-refractivity contribution in [2.45, 2.75) is 77.9 Å². The molecule has 3 heterocycles. The molecule has 1 unspecified atom stereocenters. The van der Waals surface area contributed by atoms with Crippen molar-refractivity contribution in [3.05, 3.63) is 32.1 Å². The van der Waals surface area contributed by atoms with Crippen molar-refractivity contribution in [3.63, 3.8) is 0 Å². The average molecular weight is 578 g/mol.